The third kappa shape index (κ3) is 4.55. The lowest BCUT2D eigenvalue weighted by atomic mass is 9.81. The number of allylic oxidation sites excluding steroid dienone is 1. The summed E-state index contributed by atoms with van der Waals surface area (Å²) in [5.41, 5.74) is 19.7. The number of hydrogen-bond donors (Lipinski definition) is 2. The fourth-order valence-electron chi connectivity index (χ4n) is 3.95. The van der Waals surface area contributed by atoms with Crippen LogP contribution in [0.3, 0.4) is 0 Å². The maximum Gasteiger partial charge on any atom is 0.0425 e. The predicted molar refractivity (Wildman–Crippen MR) is 117 cm³/mol. The van der Waals surface area contributed by atoms with Crippen LogP contribution in [0.15, 0.2) is 24.8 Å². The molecular weight excluding hydrogens is 316 g/mol. The molecule has 2 heteroatoms. The van der Waals surface area contributed by atoms with Crippen molar-refractivity contribution in [2.75, 3.05) is 6.54 Å². The number of rotatable bonds is 9. The van der Waals surface area contributed by atoms with Gasteiger partial charge in [0.1, 0.15) is 0 Å². The van der Waals surface area contributed by atoms with E-state index >= 15 is 0 Å². The van der Waals surface area contributed by atoms with Crippen molar-refractivity contribution in [3.63, 3.8) is 0 Å². The van der Waals surface area contributed by atoms with Crippen LogP contribution in [0.25, 0.3) is 18.2 Å². The number of nitrogens with two attached hydrogens (primary N) is 2. The quantitative estimate of drug-likeness (QED) is 0.582. The Hall–Kier alpha value is -1.64. The van der Waals surface area contributed by atoms with Gasteiger partial charge in [0.25, 0.3) is 0 Å². The molecule has 0 spiro atoms. The highest BCUT2D eigenvalue weighted by molar-refractivity contribution is 5.78. The van der Waals surface area contributed by atoms with Crippen molar-refractivity contribution in [1.82, 2.24) is 0 Å². The summed E-state index contributed by atoms with van der Waals surface area (Å²) >= 11 is 0. The molecule has 0 radical (unpaired) electrons. The zero-order chi connectivity index (χ0) is 19.4. The summed E-state index contributed by atoms with van der Waals surface area (Å²) < 4.78 is 0. The third-order valence-electron chi connectivity index (χ3n) is 5.52. The van der Waals surface area contributed by atoms with Crippen LogP contribution < -0.4 is 11.5 Å². The van der Waals surface area contributed by atoms with Crippen molar-refractivity contribution in [2.45, 2.75) is 58.9 Å². The molecule has 0 aliphatic heterocycles. The molecule has 1 aliphatic rings. The molecule has 4 N–H and O–H groups in total. The lowest BCUT2D eigenvalue weighted by molar-refractivity contribution is 0.522. The van der Waals surface area contributed by atoms with Gasteiger partial charge in [-0.1, -0.05) is 63.8 Å². The van der Waals surface area contributed by atoms with E-state index in [4.69, 9.17) is 11.5 Å². The Morgan fingerprint density at radius 2 is 1.73 bits per heavy atom. The zero-order valence-electron chi connectivity index (χ0n) is 17.0. The fourth-order valence-corrected chi connectivity index (χ4v) is 3.95. The average Bonchev–Trinajstić information content (AvgIpc) is 3.44. The van der Waals surface area contributed by atoms with E-state index in [9.17, 15) is 0 Å². The highest BCUT2D eigenvalue weighted by Crippen LogP contribution is 2.40. The van der Waals surface area contributed by atoms with E-state index in [2.05, 4.69) is 53.0 Å². The van der Waals surface area contributed by atoms with Gasteiger partial charge in [0.15, 0.2) is 0 Å². The highest BCUT2D eigenvalue weighted by Gasteiger charge is 2.25. The highest BCUT2D eigenvalue weighted by atomic mass is 14.7. The van der Waals surface area contributed by atoms with Crippen molar-refractivity contribution in [2.24, 2.45) is 23.3 Å². The molecule has 142 valence electrons. The summed E-state index contributed by atoms with van der Waals surface area (Å²) in [6, 6.07) is 2.09. The molecular formula is C24H36N2. The third-order valence-corrected chi connectivity index (χ3v) is 5.52. The van der Waals surface area contributed by atoms with Crippen molar-refractivity contribution >= 4 is 18.2 Å². The SMILES string of the molecule is C=Cc1c(C(N)CN)cc(C(C)CC(C)C)c(/C=C(\C)C2CC2)c1C=C. The van der Waals surface area contributed by atoms with Crippen LogP contribution in [0, 0.1) is 11.8 Å². The minimum absolute atomic E-state index is 0.186. The van der Waals surface area contributed by atoms with Crippen molar-refractivity contribution in [3.8, 4) is 0 Å². The van der Waals surface area contributed by atoms with E-state index in [0.29, 0.717) is 18.4 Å². The predicted octanol–water partition coefficient (Wildman–Crippen LogP) is 5.89. The summed E-state index contributed by atoms with van der Waals surface area (Å²) in [6.45, 7) is 17.7. The molecule has 1 saturated carbocycles. The molecule has 1 aromatic carbocycles. The molecule has 26 heavy (non-hydrogen) atoms. The van der Waals surface area contributed by atoms with Gasteiger partial charge < -0.3 is 11.5 Å². The molecule has 1 aromatic rings. The van der Waals surface area contributed by atoms with Gasteiger partial charge in [-0.15, -0.1) is 0 Å². The number of hydrogen-bond acceptors (Lipinski definition) is 2. The molecule has 1 aliphatic carbocycles. The molecule has 0 aromatic heterocycles. The standard InChI is InChI=1S/C24H36N2/c1-7-19-20(8-2)23(24(26)14-25)13-21(17(6)11-15(3)4)22(19)12-16(5)18-9-10-18/h7-8,12-13,15,17-18,24H,1-2,9-11,14,25-26H2,3-6H3/b16-12+. The number of benzene rings is 1. The van der Waals surface area contributed by atoms with Crippen LogP contribution in [0.4, 0.5) is 0 Å². The van der Waals surface area contributed by atoms with Crippen molar-refractivity contribution < 1.29 is 0 Å². The summed E-state index contributed by atoms with van der Waals surface area (Å²) in [6.07, 6.45) is 10.0. The Kier molecular flexibility index (Phi) is 7.02. The maximum absolute atomic E-state index is 6.35. The Bertz CT molecular complexity index is 693. The molecule has 2 nitrogen and oxygen atoms in total. The first-order valence-electron chi connectivity index (χ1n) is 9.93. The first-order chi connectivity index (χ1) is 12.3. The van der Waals surface area contributed by atoms with E-state index in [1.165, 1.54) is 29.5 Å². The molecule has 0 bridgehead atoms. The summed E-state index contributed by atoms with van der Waals surface area (Å²) in [4.78, 5) is 0. The molecule has 2 unspecified atom stereocenters. The van der Waals surface area contributed by atoms with Crippen molar-refractivity contribution in [1.29, 1.82) is 0 Å². The fraction of sp³-hybridized carbons (Fsp3) is 0.500. The van der Waals surface area contributed by atoms with Gasteiger partial charge in [0.2, 0.25) is 0 Å². The summed E-state index contributed by atoms with van der Waals surface area (Å²) in [5.74, 6) is 1.85. The minimum Gasteiger partial charge on any atom is -0.329 e. The molecule has 2 rings (SSSR count). The minimum atomic E-state index is -0.186. The molecule has 1 fully saturated rings. The van der Waals surface area contributed by atoms with Crippen LogP contribution in [-0.4, -0.2) is 6.54 Å². The van der Waals surface area contributed by atoms with Gasteiger partial charge in [-0.25, -0.2) is 0 Å². The Balaban J connectivity index is 2.73. The van der Waals surface area contributed by atoms with E-state index in [1.807, 2.05) is 12.2 Å². The van der Waals surface area contributed by atoms with Crippen LogP contribution in [-0.2, 0) is 0 Å². The first-order valence-corrected chi connectivity index (χ1v) is 9.93. The van der Waals surface area contributed by atoms with Gasteiger partial charge in [0, 0.05) is 12.6 Å². The topological polar surface area (TPSA) is 52.0 Å². The monoisotopic (exact) mass is 352 g/mol. The van der Waals surface area contributed by atoms with Gasteiger partial charge >= 0.3 is 0 Å². The maximum atomic E-state index is 6.35. The second kappa shape index (κ2) is 8.83. The van der Waals surface area contributed by atoms with Gasteiger partial charge in [0.05, 0.1) is 0 Å². The van der Waals surface area contributed by atoms with Crippen LogP contribution in [0.5, 0.6) is 0 Å². The smallest absolute Gasteiger partial charge is 0.0425 e. The van der Waals surface area contributed by atoms with Gasteiger partial charge in [-0.2, -0.15) is 0 Å². The summed E-state index contributed by atoms with van der Waals surface area (Å²) in [7, 11) is 0. The average molecular weight is 353 g/mol. The van der Waals surface area contributed by atoms with E-state index in [-0.39, 0.29) is 6.04 Å². The first kappa shape index (κ1) is 20.7. The lowest BCUT2D eigenvalue weighted by Crippen LogP contribution is -2.22. The molecule has 0 amide bonds. The Morgan fingerprint density at radius 3 is 2.19 bits per heavy atom. The zero-order valence-corrected chi connectivity index (χ0v) is 17.0. The van der Waals surface area contributed by atoms with Crippen molar-refractivity contribution in [3.05, 3.63) is 52.6 Å². The summed E-state index contributed by atoms with van der Waals surface area (Å²) in [5, 5.41) is 0. The Labute approximate surface area is 160 Å². The largest absolute Gasteiger partial charge is 0.329 e. The molecule has 2 atom stereocenters. The van der Waals surface area contributed by atoms with Crippen LogP contribution in [0.1, 0.15) is 86.7 Å². The van der Waals surface area contributed by atoms with E-state index in [0.717, 1.165) is 29.0 Å². The van der Waals surface area contributed by atoms with E-state index in [1.54, 1.807) is 0 Å². The van der Waals surface area contributed by atoms with Crippen LogP contribution >= 0.6 is 0 Å². The second-order valence-corrected chi connectivity index (χ2v) is 8.24. The molecule has 0 heterocycles. The normalized spacial score (nSPS) is 17.3. The van der Waals surface area contributed by atoms with Gasteiger partial charge in [-0.3, -0.25) is 0 Å². The van der Waals surface area contributed by atoms with Crippen LogP contribution in [0.2, 0.25) is 0 Å². The Morgan fingerprint density at radius 1 is 1.12 bits per heavy atom. The van der Waals surface area contributed by atoms with E-state index < -0.39 is 0 Å². The van der Waals surface area contributed by atoms with Gasteiger partial charge in [-0.05, 0) is 71.8 Å². The molecule has 0 saturated heterocycles. The second-order valence-electron chi connectivity index (χ2n) is 8.24. The lowest BCUT2D eigenvalue weighted by Gasteiger charge is -2.25.